The zero-order valence-electron chi connectivity index (χ0n) is 10.6. The van der Waals surface area contributed by atoms with Crippen molar-refractivity contribution in [2.24, 2.45) is 18.9 Å². The van der Waals surface area contributed by atoms with Crippen molar-refractivity contribution in [3.8, 4) is 0 Å². The molecule has 3 nitrogen and oxygen atoms in total. The van der Waals surface area contributed by atoms with Crippen molar-refractivity contribution in [3.05, 3.63) is 18.0 Å². The van der Waals surface area contributed by atoms with Crippen LogP contribution in [0.5, 0.6) is 0 Å². The summed E-state index contributed by atoms with van der Waals surface area (Å²) in [5.74, 6) is 1.71. The predicted molar refractivity (Wildman–Crippen MR) is 66.0 cm³/mol. The summed E-state index contributed by atoms with van der Waals surface area (Å²) in [6.07, 6.45) is 8.09. The smallest absolute Gasteiger partial charge is 0.0534 e. The maximum Gasteiger partial charge on any atom is 0.0534 e. The molecule has 3 unspecified atom stereocenters. The summed E-state index contributed by atoms with van der Waals surface area (Å²) < 4.78 is 1.86. The van der Waals surface area contributed by atoms with Crippen molar-refractivity contribution >= 4 is 0 Å². The molecule has 2 rings (SSSR count). The third kappa shape index (κ3) is 2.85. The highest BCUT2D eigenvalue weighted by atomic mass is 15.2. The first kappa shape index (κ1) is 11.6. The van der Waals surface area contributed by atoms with E-state index in [9.17, 15) is 0 Å². The van der Waals surface area contributed by atoms with E-state index in [0.29, 0.717) is 6.04 Å². The zero-order valence-corrected chi connectivity index (χ0v) is 10.6. The highest BCUT2D eigenvalue weighted by molar-refractivity contribution is 5.03. The topological polar surface area (TPSA) is 29.9 Å². The van der Waals surface area contributed by atoms with E-state index in [1.165, 1.54) is 24.8 Å². The van der Waals surface area contributed by atoms with Gasteiger partial charge in [0, 0.05) is 31.4 Å². The molecule has 0 aliphatic heterocycles. The van der Waals surface area contributed by atoms with E-state index in [2.05, 4.69) is 30.5 Å². The van der Waals surface area contributed by atoms with Gasteiger partial charge in [-0.05, 0) is 31.1 Å². The fraction of sp³-hybridized carbons (Fsp3) is 0.769. The molecule has 0 saturated heterocycles. The molecular formula is C13H23N3. The number of aromatic nitrogens is 2. The van der Waals surface area contributed by atoms with Gasteiger partial charge in [-0.2, -0.15) is 5.10 Å². The van der Waals surface area contributed by atoms with Gasteiger partial charge in [-0.1, -0.05) is 13.8 Å². The lowest BCUT2D eigenvalue weighted by Crippen LogP contribution is -2.38. The van der Waals surface area contributed by atoms with E-state index in [4.69, 9.17) is 0 Å². The lowest BCUT2D eigenvalue weighted by Gasteiger charge is -2.33. The fourth-order valence-electron chi connectivity index (χ4n) is 2.78. The minimum absolute atomic E-state index is 0.691. The van der Waals surface area contributed by atoms with Gasteiger partial charge in [0.25, 0.3) is 0 Å². The maximum atomic E-state index is 4.19. The Kier molecular flexibility index (Phi) is 3.64. The van der Waals surface area contributed by atoms with E-state index < -0.39 is 0 Å². The van der Waals surface area contributed by atoms with Crippen molar-refractivity contribution in [1.82, 2.24) is 15.1 Å². The molecule has 90 valence electrons. The van der Waals surface area contributed by atoms with Crippen LogP contribution in [0.4, 0.5) is 0 Å². The number of rotatable bonds is 3. The van der Waals surface area contributed by atoms with Crippen molar-refractivity contribution in [2.45, 2.75) is 45.7 Å². The zero-order chi connectivity index (χ0) is 11.5. The molecular weight excluding hydrogens is 198 g/mol. The van der Waals surface area contributed by atoms with Crippen LogP contribution in [0.15, 0.2) is 12.4 Å². The molecule has 1 aromatic rings. The Bertz CT molecular complexity index is 332. The molecule has 1 aliphatic rings. The average Bonchev–Trinajstić information content (AvgIpc) is 2.63. The van der Waals surface area contributed by atoms with Crippen molar-refractivity contribution in [3.63, 3.8) is 0 Å². The Labute approximate surface area is 98.2 Å². The van der Waals surface area contributed by atoms with E-state index in [1.807, 2.05) is 17.9 Å². The summed E-state index contributed by atoms with van der Waals surface area (Å²) >= 11 is 0. The molecule has 0 radical (unpaired) electrons. The Hall–Kier alpha value is -0.830. The quantitative estimate of drug-likeness (QED) is 0.849. The van der Waals surface area contributed by atoms with Crippen LogP contribution in [0.3, 0.4) is 0 Å². The minimum Gasteiger partial charge on any atom is -0.310 e. The van der Waals surface area contributed by atoms with Crippen molar-refractivity contribution < 1.29 is 0 Å². The van der Waals surface area contributed by atoms with Crippen molar-refractivity contribution in [2.75, 3.05) is 0 Å². The third-order valence-corrected chi connectivity index (χ3v) is 3.76. The number of hydrogen-bond acceptors (Lipinski definition) is 2. The first-order valence-electron chi connectivity index (χ1n) is 6.36. The molecule has 16 heavy (non-hydrogen) atoms. The van der Waals surface area contributed by atoms with E-state index in [-0.39, 0.29) is 0 Å². The maximum absolute atomic E-state index is 4.19. The molecule has 1 aromatic heterocycles. The molecule has 3 atom stereocenters. The standard InChI is InChI=1S/C13H23N3/c1-10-4-5-13(11(2)6-10)14-7-12-8-15-16(3)9-12/h8-11,13-14H,4-7H2,1-3H3. The Balaban J connectivity index is 1.81. The summed E-state index contributed by atoms with van der Waals surface area (Å²) in [4.78, 5) is 0. The molecule has 0 bridgehead atoms. The van der Waals surface area contributed by atoms with Gasteiger partial charge in [0.05, 0.1) is 6.20 Å². The van der Waals surface area contributed by atoms with Gasteiger partial charge in [0.2, 0.25) is 0 Å². The second-order valence-electron chi connectivity index (χ2n) is 5.41. The van der Waals surface area contributed by atoms with Gasteiger partial charge in [-0.3, -0.25) is 4.68 Å². The molecule has 1 aliphatic carbocycles. The summed E-state index contributed by atoms with van der Waals surface area (Å²) in [6, 6.07) is 0.691. The summed E-state index contributed by atoms with van der Waals surface area (Å²) in [5, 5.41) is 7.86. The molecule has 0 spiro atoms. The van der Waals surface area contributed by atoms with Crippen LogP contribution in [0.25, 0.3) is 0 Å². The molecule has 3 heteroatoms. The largest absolute Gasteiger partial charge is 0.310 e. The van der Waals surface area contributed by atoms with Crippen LogP contribution in [-0.2, 0) is 13.6 Å². The Morgan fingerprint density at radius 2 is 2.25 bits per heavy atom. The van der Waals surface area contributed by atoms with Crippen LogP contribution in [-0.4, -0.2) is 15.8 Å². The minimum atomic E-state index is 0.691. The molecule has 1 saturated carbocycles. The lowest BCUT2D eigenvalue weighted by molar-refractivity contribution is 0.227. The normalized spacial score (nSPS) is 30.6. The number of nitrogens with one attached hydrogen (secondary N) is 1. The van der Waals surface area contributed by atoms with Gasteiger partial charge in [-0.15, -0.1) is 0 Å². The summed E-state index contributed by atoms with van der Waals surface area (Å²) in [5.41, 5.74) is 1.29. The first-order chi connectivity index (χ1) is 7.65. The Morgan fingerprint density at radius 3 is 2.88 bits per heavy atom. The van der Waals surface area contributed by atoms with Gasteiger partial charge in [-0.25, -0.2) is 0 Å². The van der Waals surface area contributed by atoms with Crippen LogP contribution < -0.4 is 5.32 Å². The van der Waals surface area contributed by atoms with Crippen LogP contribution in [0, 0.1) is 11.8 Å². The van der Waals surface area contributed by atoms with Crippen molar-refractivity contribution in [1.29, 1.82) is 0 Å². The monoisotopic (exact) mass is 221 g/mol. The van der Waals surface area contributed by atoms with Crippen LogP contribution >= 0.6 is 0 Å². The average molecular weight is 221 g/mol. The van der Waals surface area contributed by atoms with Gasteiger partial charge in [0.15, 0.2) is 0 Å². The predicted octanol–water partition coefficient (Wildman–Crippen LogP) is 2.33. The highest BCUT2D eigenvalue weighted by Crippen LogP contribution is 2.28. The second-order valence-corrected chi connectivity index (χ2v) is 5.41. The van der Waals surface area contributed by atoms with Crippen LogP contribution in [0.1, 0.15) is 38.7 Å². The van der Waals surface area contributed by atoms with E-state index >= 15 is 0 Å². The van der Waals surface area contributed by atoms with Crippen LogP contribution in [0.2, 0.25) is 0 Å². The van der Waals surface area contributed by atoms with Gasteiger partial charge >= 0.3 is 0 Å². The Morgan fingerprint density at radius 1 is 1.44 bits per heavy atom. The molecule has 1 fully saturated rings. The molecule has 1 heterocycles. The van der Waals surface area contributed by atoms with Gasteiger partial charge < -0.3 is 5.32 Å². The molecule has 1 N–H and O–H groups in total. The lowest BCUT2D eigenvalue weighted by atomic mass is 9.80. The first-order valence-corrected chi connectivity index (χ1v) is 6.36. The number of hydrogen-bond donors (Lipinski definition) is 1. The van der Waals surface area contributed by atoms with E-state index in [1.54, 1.807) is 0 Å². The molecule has 0 aromatic carbocycles. The second kappa shape index (κ2) is 5.00. The fourth-order valence-corrected chi connectivity index (χ4v) is 2.78. The third-order valence-electron chi connectivity index (χ3n) is 3.76. The molecule has 0 amide bonds. The van der Waals surface area contributed by atoms with Gasteiger partial charge in [0.1, 0.15) is 0 Å². The summed E-state index contributed by atoms with van der Waals surface area (Å²) in [6.45, 7) is 5.70. The summed E-state index contributed by atoms with van der Waals surface area (Å²) in [7, 11) is 1.97. The number of nitrogens with zero attached hydrogens (tertiary/aromatic N) is 2. The van der Waals surface area contributed by atoms with E-state index in [0.717, 1.165) is 18.4 Å². The highest BCUT2D eigenvalue weighted by Gasteiger charge is 2.24. The number of aryl methyl sites for hydroxylation is 1. The SMILES string of the molecule is CC1CCC(NCc2cnn(C)c2)C(C)C1.